The second-order valence-corrected chi connectivity index (χ2v) is 6.95. The van der Waals surface area contributed by atoms with Gasteiger partial charge in [0.2, 0.25) is 0 Å². The molecule has 2 heterocycles. The van der Waals surface area contributed by atoms with Gasteiger partial charge in [0.1, 0.15) is 32.9 Å². The van der Waals surface area contributed by atoms with Crippen LogP contribution in [0.4, 0.5) is 11.5 Å². The van der Waals surface area contributed by atoms with Crippen LogP contribution in [0.15, 0.2) is 22.7 Å². The summed E-state index contributed by atoms with van der Waals surface area (Å²) in [4.78, 5) is 16.5. The first-order chi connectivity index (χ1) is 12.9. The molecule has 0 saturated heterocycles. The first-order valence-electron chi connectivity index (χ1n) is 7.94. The molecule has 0 atom stereocenters. The molecule has 6 N–H and O–H groups in total. The number of nitrogens with zero attached hydrogens (tertiary/aromatic N) is 2. The molecule has 1 amide bonds. The molecule has 27 heavy (non-hydrogen) atoms. The minimum atomic E-state index is -0.655. The van der Waals surface area contributed by atoms with Crippen molar-refractivity contribution >= 4 is 54.9 Å². The van der Waals surface area contributed by atoms with Crippen LogP contribution in [-0.2, 0) is 0 Å². The molecule has 7 nitrogen and oxygen atoms in total. The predicted octanol–water partition coefficient (Wildman–Crippen LogP) is 3.90. The first-order valence-corrected chi connectivity index (χ1v) is 9.55. The highest BCUT2D eigenvalue weighted by atomic mass is 79.9. The number of amides is 1. The molecule has 0 bridgehead atoms. The fourth-order valence-electron chi connectivity index (χ4n) is 2.56. The molecule has 0 aliphatic heterocycles. The third-order valence-electron chi connectivity index (χ3n) is 3.69. The molecule has 3 rings (SSSR count). The Morgan fingerprint density at radius 3 is 2.52 bits per heavy atom. The summed E-state index contributed by atoms with van der Waals surface area (Å²) < 4.78 is 5.88. The normalized spacial score (nSPS) is 10.0. The van der Waals surface area contributed by atoms with Gasteiger partial charge in [-0.05, 0) is 23.8 Å². The van der Waals surface area contributed by atoms with Crippen molar-refractivity contribution in [3.63, 3.8) is 0 Å². The number of anilines is 2. The smallest absolute Gasteiger partial charge is 0.260 e. The SMILES string of the molecule is CC.COc1ccc(-c2c(C#N)c(N)nc3sc(C(N)=O)c(N)c23)c(Br)c1. The summed E-state index contributed by atoms with van der Waals surface area (Å²) in [6.07, 6.45) is 0. The van der Waals surface area contributed by atoms with Gasteiger partial charge in [0.15, 0.2) is 0 Å². The van der Waals surface area contributed by atoms with E-state index in [1.54, 1.807) is 25.3 Å². The van der Waals surface area contributed by atoms with Gasteiger partial charge >= 0.3 is 0 Å². The minimum absolute atomic E-state index is 0.0602. The van der Waals surface area contributed by atoms with Crippen LogP contribution in [0.3, 0.4) is 0 Å². The predicted molar refractivity (Wildman–Crippen MR) is 113 cm³/mol. The molecule has 1 aromatic carbocycles. The highest BCUT2D eigenvalue weighted by molar-refractivity contribution is 9.10. The number of benzene rings is 1. The van der Waals surface area contributed by atoms with E-state index < -0.39 is 5.91 Å². The molecule has 0 aliphatic rings. The fraction of sp³-hybridized carbons (Fsp3) is 0.167. The van der Waals surface area contributed by atoms with Crippen LogP contribution in [-0.4, -0.2) is 18.0 Å². The van der Waals surface area contributed by atoms with Gasteiger partial charge in [0, 0.05) is 15.4 Å². The van der Waals surface area contributed by atoms with E-state index in [1.807, 2.05) is 13.8 Å². The number of aromatic nitrogens is 1. The van der Waals surface area contributed by atoms with Gasteiger partial charge in [-0.25, -0.2) is 4.98 Å². The van der Waals surface area contributed by atoms with Crippen LogP contribution in [0.25, 0.3) is 21.3 Å². The number of rotatable bonds is 3. The molecule has 0 spiro atoms. The van der Waals surface area contributed by atoms with Crippen LogP contribution in [0.2, 0.25) is 0 Å². The van der Waals surface area contributed by atoms with E-state index in [4.69, 9.17) is 21.9 Å². The Labute approximate surface area is 168 Å². The summed E-state index contributed by atoms with van der Waals surface area (Å²) in [5.74, 6) is 0.0471. The van der Waals surface area contributed by atoms with Crippen molar-refractivity contribution in [3.05, 3.63) is 33.1 Å². The average molecular weight is 448 g/mol. The molecule has 3 aromatic rings. The molecule has 9 heteroatoms. The Kier molecular flexibility index (Phi) is 6.25. The van der Waals surface area contributed by atoms with E-state index in [2.05, 4.69) is 27.0 Å². The number of nitriles is 1. The highest BCUT2D eigenvalue weighted by Gasteiger charge is 2.24. The number of hydrogen-bond acceptors (Lipinski definition) is 7. The van der Waals surface area contributed by atoms with Crippen LogP contribution >= 0.6 is 27.3 Å². The van der Waals surface area contributed by atoms with E-state index in [0.717, 1.165) is 11.3 Å². The number of fused-ring (bicyclic) bond motifs is 1. The monoisotopic (exact) mass is 447 g/mol. The first kappa shape index (κ1) is 20.5. The van der Waals surface area contributed by atoms with Crippen LogP contribution in [0.5, 0.6) is 5.75 Å². The number of ether oxygens (including phenoxy) is 1. The number of carbonyl (C=O) groups excluding carboxylic acids is 1. The Morgan fingerprint density at radius 1 is 1.33 bits per heavy atom. The number of halogens is 1. The van der Waals surface area contributed by atoms with Crippen molar-refractivity contribution in [1.29, 1.82) is 5.26 Å². The second kappa shape index (κ2) is 8.24. The summed E-state index contributed by atoms with van der Waals surface area (Å²) in [6, 6.07) is 7.36. The summed E-state index contributed by atoms with van der Waals surface area (Å²) >= 11 is 4.53. The average Bonchev–Trinajstić information content (AvgIpc) is 2.98. The van der Waals surface area contributed by atoms with Crippen molar-refractivity contribution < 1.29 is 9.53 Å². The van der Waals surface area contributed by atoms with Gasteiger partial charge in [-0.15, -0.1) is 11.3 Å². The van der Waals surface area contributed by atoms with Crippen molar-refractivity contribution in [1.82, 2.24) is 4.98 Å². The van der Waals surface area contributed by atoms with Crippen molar-refractivity contribution in [3.8, 4) is 22.9 Å². The Bertz CT molecular complexity index is 1070. The number of primary amides is 1. The van der Waals surface area contributed by atoms with Gasteiger partial charge in [-0.2, -0.15) is 5.26 Å². The third-order valence-corrected chi connectivity index (χ3v) is 5.46. The molecule has 0 radical (unpaired) electrons. The van der Waals surface area contributed by atoms with E-state index in [1.165, 1.54) is 0 Å². The Balaban J connectivity index is 0.00000126. The number of carbonyl (C=O) groups is 1. The highest BCUT2D eigenvalue weighted by Crippen LogP contribution is 2.44. The Hall–Kier alpha value is -2.83. The van der Waals surface area contributed by atoms with Gasteiger partial charge in [-0.1, -0.05) is 29.8 Å². The maximum Gasteiger partial charge on any atom is 0.260 e. The lowest BCUT2D eigenvalue weighted by Gasteiger charge is -2.12. The quantitative estimate of drug-likeness (QED) is 0.555. The topological polar surface area (TPSA) is 141 Å². The van der Waals surface area contributed by atoms with Crippen LogP contribution < -0.4 is 21.9 Å². The molecular weight excluding hydrogens is 430 g/mol. The van der Waals surface area contributed by atoms with E-state index in [0.29, 0.717) is 31.6 Å². The number of pyridine rings is 1. The lowest BCUT2D eigenvalue weighted by atomic mass is 9.97. The Morgan fingerprint density at radius 2 is 2.00 bits per heavy atom. The summed E-state index contributed by atoms with van der Waals surface area (Å²) in [7, 11) is 1.56. The zero-order chi connectivity index (χ0) is 20.3. The van der Waals surface area contributed by atoms with Gasteiger partial charge in [-0.3, -0.25) is 4.79 Å². The second-order valence-electron chi connectivity index (χ2n) is 5.09. The zero-order valence-corrected chi connectivity index (χ0v) is 17.4. The fourth-order valence-corrected chi connectivity index (χ4v) is 4.08. The van der Waals surface area contributed by atoms with Crippen molar-refractivity contribution in [2.24, 2.45) is 5.73 Å². The maximum atomic E-state index is 11.6. The van der Waals surface area contributed by atoms with Crippen LogP contribution in [0.1, 0.15) is 29.1 Å². The number of nitrogens with two attached hydrogens (primary N) is 3. The lowest BCUT2D eigenvalue weighted by molar-refractivity contribution is 0.100. The minimum Gasteiger partial charge on any atom is -0.497 e. The molecule has 2 aromatic heterocycles. The van der Waals surface area contributed by atoms with E-state index in [-0.39, 0.29) is 21.9 Å². The number of nitrogen functional groups attached to an aromatic ring is 2. The maximum absolute atomic E-state index is 11.6. The van der Waals surface area contributed by atoms with Crippen molar-refractivity contribution in [2.45, 2.75) is 13.8 Å². The lowest BCUT2D eigenvalue weighted by Crippen LogP contribution is -2.10. The molecular formula is C18H18BrN5O2S. The molecule has 0 aliphatic carbocycles. The van der Waals surface area contributed by atoms with E-state index >= 15 is 0 Å². The van der Waals surface area contributed by atoms with Gasteiger partial charge in [0.05, 0.1) is 12.8 Å². The molecule has 0 fully saturated rings. The molecule has 140 valence electrons. The van der Waals surface area contributed by atoms with Crippen LogP contribution in [0, 0.1) is 11.3 Å². The summed E-state index contributed by atoms with van der Waals surface area (Å²) in [5, 5.41) is 10.1. The van der Waals surface area contributed by atoms with Gasteiger partial charge in [0.25, 0.3) is 5.91 Å². The van der Waals surface area contributed by atoms with Gasteiger partial charge < -0.3 is 21.9 Å². The third kappa shape index (κ3) is 3.54. The summed E-state index contributed by atoms with van der Waals surface area (Å²) in [5.41, 5.74) is 19.0. The van der Waals surface area contributed by atoms with E-state index in [9.17, 15) is 10.1 Å². The summed E-state index contributed by atoms with van der Waals surface area (Å²) in [6.45, 7) is 4.00. The number of thiophene rings is 1. The number of hydrogen-bond donors (Lipinski definition) is 3. The molecule has 0 saturated carbocycles. The van der Waals surface area contributed by atoms with Crippen molar-refractivity contribution in [2.75, 3.05) is 18.6 Å². The zero-order valence-electron chi connectivity index (χ0n) is 15.0. The number of methoxy groups -OCH3 is 1. The largest absolute Gasteiger partial charge is 0.497 e. The molecule has 0 unspecified atom stereocenters. The standard InChI is InChI=1S/C16H12BrN5O2S.C2H6/c1-24-6-2-3-7(9(17)4-6)10-8(5-18)14(20)22-16-11(10)12(19)13(25-16)15(21)23;1-2/h2-4H,19H2,1H3,(H2,20,22)(H2,21,23);1-2H3.